The van der Waals surface area contributed by atoms with Gasteiger partial charge in [0.05, 0.1) is 13.7 Å². The van der Waals surface area contributed by atoms with Crippen LogP contribution >= 0.6 is 0 Å². The molecule has 0 unspecified atom stereocenters. The number of ether oxygens (including phenoxy) is 1. The van der Waals surface area contributed by atoms with E-state index in [1.807, 2.05) is 0 Å². The molecule has 7 nitrogen and oxygen atoms in total. The largest absolute Gasteiger partial charge is 0.494 e. The topological polar surface area (TPSA) is 105 Å². The molecule has 0 bridgehead atoms. The highest BCUT2D eigenvalue weighted by atomic mass is 19.1. The van der Waals surface area contributed by atoms with Crippen molar-refractivity contribution in [1.29, 1.82) is 0 Å². The maximum atomic E-state index is 13.5. The van der Waals surface area contributed by atoms with Gasteiger partial charge in [0, 0.05) is 17.5 Å². The minimum absolute atomic E-state index is 0.0112. The van der Waals surface area contributed by atoms with Crippen LogP contribution < -0.4 is 10.1 Å². The van der Waals surface area contributed by atoms with E-state index >= 15 is 0 Å². The number of carbonyl (C=O) groups is 1. The van der Waals surface area contributed by atoms with Crippen LogP contribution in [-0.4, -0.2) is 41.6 Å². The van der Waals surface area contributed by atoms with Crippen LogP contribution in [0, 0.1) is 11.2 Å². The Morgan fingerprint density at radius 3 is 2.83 bits per heavy atom. The molecule has 0 saturated heterocycles. The van der Waals surface area contributed by atoms with Gasteiger partial charge in [-0.1, -0.05) is 5.16 Å². The molecule has 1 aromatic heterocycles. The standard InChI is InChI=1S/C16H17FN2O5/c1-23-11-6-9(2-3-10(11)17)13-12(15(21)22)14(19-24-13)18-7-16(8-20)4-5-16/h2-3,6,20H,4-5,7-8H2,1H3,(H,18,19)(H,21,22). The molecule has 1 aromatic carbocycles. The fourth-order valence-corrected chi connectivity index (χ4v) is 2.45. The van der Waals surface area contributed by atoms with Crippen molar-refractivity contribution in [3.63, 3.8) is 0 Å². The van der Waals surface area contributed by atoms with Gasteiger partial charge in [-0.25, -0.2) is 9.18 Å². The molecule has 128 valence electrons. The zero-order valence-electron chi connectivity index (χ0n) is 13.0. The first kappa shape index (κ1) is 16.3. The van der Waals surface area contributed by atoms with E-state index in [0.717, 1.165) is 12.8 Å². The maximum absolute atomic E-state index is 13.5. The third-order valence-electron chi connectivity index (χ3n) is 4.24. The van der Waals surface area contributed by atoms with Gasteiger partial charge in [-0.3, -0.25) is 0 Å². The number of rotatable bonds is 7. The smallest absolute Gasteiger partial charge is 0.343 e. The lowest BCUT2D eigenvalue weighted by atomic mass is 10.1. The Labute approximate surface area is 137 Å². The number of nitrogens with one attached hydrogen (secondary N) is 1. The first-order valence-corrected chi connectivity index (χ1v) is 7.41. The summed E-state index contributed by atoms with van der Waals surface area (Å²) in [4.78, 5) is 11.6. The first-order chi connectivity index (χ1) is 11.5. The van der Waals surface area contributed by atoms with Gasteiger partial charge in [0.2, 0.25) is 0 Å². The summed E-state index contributed by atoms with van der Waals surface area (Å²) in [5, 5.41) is 25.5. The molecule has 8 heteroatoms. The fourth-order valence-electron chi connectivity index (χ4n) is 2.45. The third-order valence-corrected chi connectivity index (χ3v) is 4.24. The van der Waals surface area contributed by atoms with E-state index in [2.05, 4.69) is 10.5 Å². The number of hydrogen-bond donors (Lipinski definition) is 3. The van der Waals surface area contributed by atoms with Crippen molar-refractivity contribution in [2.24, 2.45) is 5.41 Å². The molecule has 24 heavy (non-hydrogen) atoms. The Morgan fingerprint density at radius 1 is 1.50 bits per heavy atom. The van der Waals surface area contributed by atoms with Crippen LogP contribution in [-0.2, 0) is 0 Å². The van der Waals surface area contributed by atoms with Gasteiger partial charge in [-0.15, -0.1) is 0 Å². The SMILES string of the molecule is COc1cc(-c2onc(NCC3(CO)CC3)c2C(=O)O)ccc1F. The normalized spacial score (nSPS) is 15.1. The molecule has 0 spiro atoms. The van der Waals surface area contributed by atoms with E-state index in [1.54, 1.807) is 0 Å². The van der Waals surface area contributed by atoms with Crippen LogP contribution in [0.15, 0.2) is 22.7 Å². The molecule has 2 aromatic rings. The number of anilines is 1. The van der Waals surface area contributed by atoms with Crippen molar-refractivity contribution < 1.29 is 28.7 Å². The van der Waals surface area contributed by atoms with Crippen molar-refractivity contribution in [2.45, 2.75) is 12.8 Å². The number of aromatic carboxylic acids is 1. The van der Waals surface area contributed by atoms with Crippen molar-refractivity contribution in [3.8, 4) is 17.1 Å². The number of aliphatic hydroxyl groups is 1. The highest BCUT2D eigenvalue weighted by molar-refractivity contribution is 5.99. The van der Waals surface area contributed by atoms with Crippen molar-refractivity contribution in [2.75, 3.05) is 25.6 Å². The Bertz CT molecular complexity index is 770. The Balaban J connectivity index is 1.92. The van der Waals surface area contributed by atoms with Crippen LogP contribution in [0.4, 0.5) is 10.2 Å². The van der Waals surface area contributed by atoms with Crippen LogP contribution in [0.3, 0.4) is 0 Å². The summed E-state index contributed by atoms with van der Waals surface area (Å²) in [6.45, 7) is 0.435. The average Bonchev–Trinajstić information content (AvgIpc) is 3.24. The number of methoxy groups -OCH3 is 1. The molecule has 0 atom stereocenters. The number of aromatic nitrogens is 1. The van der Waals surface area contributed by atoms with E-state index in [9.17, 15) is 19.4 Å². The second-order valence-corrected chi connectivity index (χ2v) is 5.90. The molecule has 1 heterocycles. The quantitative estimate of drug-likeness (QED) is 0.713. The number of nitrogens with zero attached hydrogens (tertiary/aromatic N) is 1. The highest BCUT2D eigenvalue weighted by Crippen LogP contribution is 2.45. The molecular formula is C16H17FN2O5. The lowest BCUT2D eigenvalue weighted by Gasteiger charge is -2.12. The number of benzene rings is 1. The molecule has 1 aliphatic rings. The second kappa shape index (κ2) is 6.12. The van der Waals surface area contributed by atoms with Crippen LogP contribution in [0.1, 0.15) is 23.2 Å². The fraction of sp³-hybridized carbons (Fsp3) is 0.375. The van der Waals surface area contributed by atoms with Crippen molar-refractivity contribution in [1.82, 2.24) is 5.16 Å². The molecule has 0 radical (unpaired) electrons. The number of carboxylic acid groups (broad SMARTS) is 1. The van der Waals surface area contributed by atoms with Crippen LogP contribution in [0.25, 0.3) is 11.3 Å². The summed E-state index contributed by atoms with van der Waals surface area (Å²) in [5.41, 5.74) is -0.0135. The third kappa shape index (κ3) is 2.92. The summed E-state index contributed by atoms with van der Waals surface area (Å²) in [7, 11) is 1.32. The summed E-state index contributed by atoms with van der Waals surface area (Å²) in [5.74, 6) is -1.70. The molecule has 1 saturated carbocycles. The zero-order chi connectivity index (χ0) is 17.3. The number of carboxylic acids is 1. The van der Waals surface area contributed by atoms with Gasteiger partial charge in [0.1, 0.15) is 0 Å². The van der Waals surface area contributed by atoms with Gasteiger partial charge in [-0.2, -0.15) is 0 Å². The number of aliphatic hydroxyl groups excluding tert-OH is 1. The minimum Gasteiger partial charge on any atom is -0.494 e. The highest BCUT2D eigenvalue weighted by Gasteiger charge is 2.42. The van der Waals surface area contributed by atoms with Gasteiger partial charge in [-0.05, 0) is 31.0 Å². The Kier molecular flexibility index (Phi) is 4.15. The summed E-state index contributed by atoms with van der Waals surface area (Å²) < 4.78 is 23.6. The maximum Gasteiger partial charge on any atom is 0.343 e. The van der Waals surface area contributed by atoms with Crippen molar-refractivity contribution >= 4 is 11.8 Å². The van der Waals surface area contributed by atoms with E-state index in [4.69, 9.17) is 9.26 Å². The molecule has 1 aliphatic carbocycles. The summed E-state index contributed by atoms with van der Waals surface area (Å²) in [6.07, 6.45) is 1.75. The van der Waals surface area contributed by atoms with Gasteiger partial charge >= 0.3 is 5.97 Å². The van der Waals surface area contributed by atoms with E-state index in [1.165, 1.54) is 25.3 Å². The van der Waals surface area contributed by atoms with Gasteiger partial charge in [0.25, 0.3) is 0 Å². The van der Waals surface area contributed by atoms with Gasteiger partial charge < -0.3 is 24.8 Å². The molecule has 3 N–H and O–H groups in total. The first-order valence-electron chi connectivity index (χ1n) is 7.41. The molecule has 0 aliphatic heterocycles. The zero-order valence-corrected chi connectivity index (χ0v) is 13.0. The number of hydrogen-bond acceptors (Lipinski definition) is 6. The predicted molar refractivity (Wildman–Crippen MR) is 82.7 cm³/mol. The van der Waals surface area contributed by atoms with Crippen molar-refractivity contribution in [3.05, 3.63) is 29.6 Å². The van der Waals surface area contributed by atoms with E-state index in [0.29, 0.717) is 12.1 Å². The predicted octanol–water partition coefficient (Wildman–Crippen LogP) is 2.37. The molecular weight excluding hydrogens is 319 g/mol. The monoisotopic (exact) mass is 336 g/mol. The molecule has 1 fully saturated rings. The van der Waals surface area contributed by atoms with E-state index < -0.39 is 11.8 Å². The summed E-state index contributed by atoms with van der Waals surface area (Å²) >= 11 is 0. The van der Waals surface area contributed by atoms with Crippen LogP contribution in [0.5, 0.6) is 5.75 Å². The van der Waals surface area contributed by atoms with Crippen LogP contribution in [0.2, 0.25) is 0 Å². The van der Waals surface area contributed by atoms with E-state index in [-0.39, 0.29) is 34.9 Å². The second-order valence-electron chi connectivity index (χ2n) is 5.90. The molecule has 0 amide bonds. The minimum atomic E-state index is -1.22. The average molecular weight is 336 g/mol. The molecule has 3 rings (SSSR count). The lowest BCUT2D eigenvalue weighted by Crippen LogP contribution is -2.20. The summed E-state index contributed by atoms with van der Waals surface area (Å²) in [6, 6.07) is 3.91. The Hall–Kier alpha value is -2.61. The lowest BCUT2D eigenvalue weighted by molar-refractivity contribution is 0.0698. The number of halogens is 1. The van der Waals surface area contributed by atoms with Gasteiger partial charge in [0.15, 0.2) is 28.7 Å². The Morgan fingerprint density at radius 2 is 2.25 bits per heavy atom.